The van der Waals surface area contributed by atoms with Crippen molar-refractivity contribution < 1.29 is 15.0 Å². The lowest BCUT2D eigenvalue weighted by molar-refractivity contribution is -0.131. The molecule has 1 aliphatic rings. The first-order valence-corrected chi connectivity index (χ1v) is 7.19. The largest absolute Gasteiger partial charge is 0.383 e. The molecular formula is C15H25NO3. The zero-order valence-corrected chi connectivity index (χ0v) is 11.7. The molecule has 3 N–H and O–H groups in total. The molecule has 0 aromatic rings. The van der Waals surface area contributed by atoms with Crippen LogP contribution in [0.4, 0.5) is 0 Å². The molecule has 1 saturated carbocycles. The highest BCUT2D eigenvalue weighted by Gasteiger charge is 2.33. The monoisotopic (exact) mass is 267 g/mol. The van der Waals surface area contributed by atoms with Gasteiger partial charge in [-0.1, -0.05) is 32.1 Å². The van der Waals surface area contributed by atoms with E-state index in [0.29, 0.717) is 19.3 Å². The predicted molar refractivity (Wildman–Crippen MR) is 74.3 cm³/mol. The minimum absolute atomic E-state index is 0.136. The Balaban J connectivity index is 2.37. The van der Waals surface area contributed by atoms with Crippen molar-refractivity contribution in [1.82, 2.24) is 5.32 Å². The predicted octanol–water partition coefficient (Wildman–Crippen LogP) is 1.35. The summed E-state index contributed by atoms with van der Waals surface area (Å²) in [6, 6.07) is -0.136. The van der Waals surface area contributed by atoms with Gasteiger partial charge in [-0.25, -0.2) is 0 Å². The maximum Gasteiger partial charge on any atom is 0.249 e. The Kier molecular flexibility index (Phi) is 6.33. The molecule has 0 bridgehead atoms. The van der Waals surface area contributed by atoms with E-state index >= 15 is 0 Å². The van der Waals surface area contributed by atoms with Crippen LogP contribution in [0, 0.1) is 12.3 Å². The molecule has 0 aromatic heterocycles. The second-order valence-electron chi connectivity index (χ2n) is 5.49. The molecule has 3 unspecified atom stereocenters. The molecule has 4 heteroatoms. The smallest absolute Gasteiger partial charge is 0.249 e. The van der Waals surface area contributed by atoms with Gasteiger partial charge in [-0.05, 0) is 25.7 Å². The van der Waals surface area contributed by atoms with Crippen molar-refractivity contribution in [3.05, 3.63) is 0 Å². The maximum absolute atomic E-state index is 11.8. The number of terminal acetylenes is 1. The Bertz CT molecular complexity index is 337. The second-order valence-corrected chi connectivity index (χ2v) is 5.49. The van der Waals surface area contributed by atoms with Gasteiger partial charge in [0.05, 0.1) is 0 Å². The van der Waals surface area contributed by atoms with Crippen LogP contribution in [0.25, 0.3) is 0 Å². The molecule has 1 rings (SSSR count). The average molecular weight is 267 g/mol. The number of amides is 1. The molecule has 3 atom stereocenters. The fourth-order valence-corrected chi connectivity index (χ4v) is 2.52. The Labute approximate surface area is 115 Å². The molecule has 4 nitrogen and oxygen atoms in total. The van der Waals surface area contributed by atoms with Gasteiger partial charge in [0.1, 0.15) is 11.7 Å². The molecule has 0 heterocycles. The van der Waals surface area contributed by atoms with Gasteiger partial charge in [0, 0.05) is 12.5 Å². The van der Waals surface area contributed by atoms with Crippen LogP contribution in [0.2, 0.25) is 0 Å². The van der Waals surface area contributed by atoms with Crippen molar-refractivity contribution in [2.75, 3.05) is 0 Å². The summed E-state index contributed by atoms with van der Waals surface area (Å²) in [6.45, 7) is 2.08. The fourth-order valence-electron chi connectivity index (χ4n) is 2.52. The first kappa shape index (κ1) is 16.0. The van der Waals surface area contributed by atoms with E-state index in [2.05, 4.69) is 18.2 Å². The number of aliphatic hydroxyl groups is 2. The Morgan fingerprint density at radius 2 is 2.32 bits per heavy atom. The van der Waals surface area contributed by atoms with Crippen molar-refractivity contribution in [2.24, 2.45) is 0 Å². The highest BCUT2D eigenvalue weighted by Crippen LogP contribution is 2.27. The van der Waals surface area contributed by atoms with Crippen LogP contribution in [0.3, 0.4) is 0 Å². The van der Waals surface area contributed by atoms with E-state index in [9.17, 15) is 15.0 Å². The van der Waals surface area contributed by atoms with Crippen molar-refractivity contribution in [1.29, 1.82) is 0 Å². The van der Waals surface area contributed by atoms with Crippen molar-refractivity contribution in [2.45, 2.75) is 76.0 Å². The number of unbranched alkanes of at least 4 members (excludes halogenated alkanes) is 2. The zero-order chi connectivity index (χ0) is 14.3. The molecular weight excluding hydrogens is 242 g/mol. The summed E-state index contributed by atoms with van der Waals surface area (Å²) in [4.78, 5) is 11.8. The van der Waals surface area contributed by atoms with Crippen molar-refractivity contribution in [3.63, 3.8) is 0 Å². The summed E-state index contributed by atoms with van der Waals surface area (Å²) in [5.41, 5.74) is -1.11. The number of hydrogen-bond acceptors (Lipinski definition) is 3. The first-order valence-electron chi connectivity index (χ1n) is 7.19. The molecule has 0 radical (unpaired) electrons. The van der Waals surface area contributed by atoms with E-state index in [-0.39, 0.29) is 11.9 Å². The number of carbonyl (C=O) groups is 1. The highest BCUT2D eigenvalue weighted by atomic mass is 16.3. The number of rotatable bonds is 6. The van der Waals surface area contributed by atoms with Crippen LogP contribution >= 0.6 is 0 Å². The van der Waals surface area contributed by atoms with E-state index in [1.165, 1.54) is 0 Å². The number of carbonyl (C=O) groups excluding carboxylic acids is 1. The van der Waals surface area contributed by atoms with E-state index in [4.69, 9.17) is 6.42 Å². The maximum atomic E-state index is 11.8. The SMILES string of the molecule is C#CC1(O)CCCC(NC(=O)C(O)CCCCC)C1. The van der Waals surface area contributed by atoms with Gasteiger partial charge in [0.15, 0.2) is 0 Å². The van der Waals surface area contributed by atoms with Gasteiger partial charge in [0.2, 0.25) is 5.91 Å². The first-order chi connectivity index (χ1) is 9.00. The van der Waals surface area contributed by atoms with Gasteiger partial charge in [0.25, 0.3) is 0 Å². The summed E-state index contributed by atoms with van der Waals surface area (Å²) >= 11 is 0. The van der Waals surface area contributed by atoms with Crippen molar-refractivity contribution in [3.8, 4) is 12.3 Å². The van der Waals surface area contributed by atoms with Gasteiger partial charge in [-0.15, -0.1) is 6.42 Å². The minimum Gasteiger partial charge on any atom is -0.383 e. The van der Waals surface area contributed by atoms with Crippen LogP contribution in [-0.2, 0) is 4.79 Å². The molecule has 1 amide bonds. The molecule has 19 heavy (non-hydrogen) atoms. The van der Waals surface area contributed by atoms with Crippen LogP contribution in [0.5, 0.6) is 0 Å². The van der Waals surface area contributed by atoms with Gasteiger partial charge in [-0.3, -0.25) is 4.79 Å². The lowest BCUT2D eigenvalue weighted by Gasteiger charge is -2.33. The van der Waals surface area contributed by atoms with Crippen LogP contribution < -0.4 is 5.32 Å². The quantitative estimate of drug-likeness (QED) is 0.502. The third-order valence-electron chi connectivity index (χ3n) is 3.73. The third-order valence-corrected chi connectivity index (χ3v) is 3.73. The molecule has 0 aliphatic heterocycles. The lowest BCUT2D eigenvalue weighted by atomic mass is 9.82. The summed E-state index contributed by atoms with van der Waals surface area (Å²) in [5.74, 6) is 2.05. The molecule has 0 spiro atoms. The summed E-state index contributed by atoms with van der Waals surface area (Å²) < 4.78 is 0. The van der Waals surface area contributed by atoms with E-state index < -0.39 is 11.7 Å². The van der Waals surface area contributed by atoms with E-state index in [0.717, 1.165) is 32.1 Å². The molecule has 108 valence electrons. The van der Waals surface area contributed by atoms with Crippen LogP contribution in [0.1, 0.15) is 58.3 Å². The summed E-state index contributed by atoms with van der Waals surface area (Å²) in [6.07, 6.45) is 10.3. The van der Waals surface area contributed by atoms with Crippen LogP contribution in [-0.4, -0.2) is 33.9 Å². The molecule has 1 aliphatic carbocycles. The Hall–Kier alpha value is -1.05. The molecule has 0 saturated heterocycles. The highest BCUT2D eigenvalue weighted by molar-refractivity contribution is 5.80. The second kappa shape index (κ2) is 7.52. The Morgan fingerprint density at radius 3 is 2.95 bits per heavy atom. The number of aliphatic hydroxyl groups excluding tert-OH is 1. The number of hydrogen-bond donors (Lipinski definition) is 3. The van der Waals surface area contributed by atoms with Gasteiger partial charge < -0.3 is 15.5 Å². The molecule has 0 aromatic carbocycles. The van der Waals surface area contributed by atoms with Crippen molar-refractivity contribution >= 4 is 5.91 Å². The fraction of sp³-hybridized carbons (Fsp3) is 0.800. The summed E-state index contributed by atoms with van der Waals surface area (Å²) in [7, 11) is 0. The average Bonchev–Trinajstić information content (AvgIpc) is 2.39. The standard InChI is InChI=1S/C15H25NO3/c1-3-5-6-9-13(17)14(18)16-12-8-7-10-15(19,4-2)11-12/h2,12-13,17,19H,3,5-11H2,1H3,(H,16,18). The Morgan fingerprint density at radius 1 is 1.58 bits per heavy atom. The topological polar surface area (TPSA) is 69.6 Å². The summed E-state index contributed by atoms with van der Waals surface area (Å²) in [5, 5.41) is 22.6. The third kappa shape index (κ3) is 5.22. The van der Waals surface area contributed by atoms with E-state index in [1.807, 2.05) is 0 Å². The van der Waals surface area contributed by atoms with Gasteiger partial charge in [-0.2, -0.15) is 0 Å². The van der Waals surface area contributed by atoms with Gasteiger partial charge >= 0.3 is 0 Å². The van der Waals surface area contributed by atoms with Crippen LogP contribution in [0.15, 0.2) is 0 Å². The minimum atomic E-state index is -1.11. The lowest BCUT2D eigenvalue weighted by Crippen LogP contribution is -2.47. The number of nitrogens with one attached hydrogen (secondary N) is 1. The van der Waals surface area contributed by atoms with E-state index in [1.54, 1.807) is 0 Å². The normalized spacial score (nSPS) is 28.4. The molecule has 1 fully saturated rings. The zero-order valence-electron chi connectivity index (χ0n) is 11.7.